The summed E-state index contributed by atoms with van der Waals surface area (Å²) in [5, 5.41) is 6.14. The van der Waals surface area contributed by atoms with Crippen molar-refractivity contribution in [2.45, 2.75) is 26.3 Å². The number of amides is 1. The molecule has 0 unspecified atom stereocenters. The van der Waals surface area contributed by atoms with Gasteiger partial charge in [-0.15, -0.1) is 0 Å². The highest BCUT2D eigenvalue weighted by atomic mass is 16.1. The van der Waals surface area contributed by atoms with Crippen LogP contribution in [0, 0.1) is 0 Å². The Morgan fingerprint density at radius 2 is 2.50 bits per heavy atom. The van der Waals surface area contributed by atoms with Gasteiger partial charge in [0.25, 0.3) is 5.91 Å². The number of hydrogen-bond donors (Lipinski definition) is 2. The van der Waals surface area contributed by atoms with Crippen LogP contribution in [0.4, 0.5) is 0 Å². The third-order valence-electron chi connectivity index (χ3n) is 2.68. The number of nitrogens with one attached hydrogen (secondary N) is 2. The van der Waals surface area contributed by atoms with E-state index in [4.69, 9.17) is 0 Å². The zero-order valence-electron chi connectivity index (χ0n) is 9.62. The van der Waals surface area contributed by atoms with Crippen molar-refractivity contribution in [3.8, 4) is 0 Å². The van der Waals surface area contributed by atoms with Gasteiger partial charge in [-0.1, -0.05) is 6.92 Å². The largest absolute Gasteiger partial charge is 0.351 e. The van der Waals surface area contributed by atoms with Crippen LogP contribution in [0.15, 0.2) is 6.20 Å². The lowest BCUT2D eigenvalue weighted by Gasteiger charge is -2.00. The summed E-state index contributed by atoms with van der Waals surface area (Å²) in [4.78, 5) is 16.1. The SMILES string of the molecule is CCCNC(=O)c1cn2c(n1)CCNCC2. The molecule has 1 aliphatic rings. The molecule has 0 radical (unpaired) electrons. The Balaban J connectivity index is 2.08. The standard InChI is InChI=1S/C11H18N4O/c1-2-4-13-11(16)9-8-15-7-6-12-5-3-10(15)14-9/h8,12H,2-7H2,1H3,(H,13,16). The summed E-state index contributed by atoms with van der Waals surface area (Å²) in [7, 11) is 0. The predicted octanol–water partition coefficient (Wildman–Crippen LogP) is 0.169. The Labute approximate surface area is 95.2 Å². The van der Waals surface area contributed by atoms with Gasteiger partial charge in [0.15, 0.2) is 0 Å². The Morgan fingerprint density at radius 1 is 1.62 bits per heavy atom. The summed E-state index contributed by atoms with van der Waals surface area (Å²) in [6.45, 7) is 5.52. The van der Waals surface area contributed by atoms with Gasteiger partial charge in [0.2, 0.25) is 0 Å². The number of rotatable bonds is 3. The zero-order chi connectivity index (χ0) is 11.4. The number of carbonyl (C=O) groups is 1. The lowest BCUT2D eigenvalue weighted by atomic mass is 10.4. The average molecular weight is 222 g/mol. The molecule has 5 heteroatoms. The molecule has 0 bridgehead atoms. The van der Waals surface area contributed by atoms with E-state index >= 15 is 0 Å². The first-order valence-corrected chi connectivity index (χ1v) is 5.86. The number of fused-ring (bicyclic) bond motifs is 1. The summed E-state index contributed by atoms with van der Waals surface area (Å²) in [5.41, 5.74) is 0.547. The molecule has 0 saturated heterocycles. The van der Waals surface area contributed by atoms with Crippen molar-refractivity contribution in [2.24, 2.45) is 0 Å². The monoisotopic (exact) mass is 222 g/mol. The van der Waals surface area contributed by atoms with E-state index in [0.29, 0.717) is 12.2 Å². The van der Waals surface area contributed by atoms with Gasteiger partial charge in [0, 0.05) is 38.8 Å². The Bertz CT molecular complexity index is 349. The number of aromatic nitrogens is 2. The van der Waals surface area contributed by atoms with Gasteiger partial charge in [-0.05, 0) is 6.42 Å². The highest BCUT2D eigenvalue weighted by Crippen LogP contribution is 2.06. The van der Waals surface area contributed by atoms with Crippen LogP contribution in [0.1, 0.15) is 29.7 Å². The van der Waals surface area contributed by atoms with Crippen LogP contribution in [-0.4, -0.2) is 35.1 Å². The van der Waals surface area contributed by atoms with Gasteiger partial charge in [-0.25, -0.2) is 4.98 Å². The third kappa shape index (κ3) is 2.41. The fraction of sp³-hybridized carbons (Fsp3) is 0.636. The molecule has 2 heterocycles. The smallest absolute Gasteiger partial charge is 0.271 e. The van der Waals surface area contributed by atoms with Crippen molar-refractivity contribution in [2.75, 3.05) is 19.6 Å². The van der Waals surface area contributed by atoms with Gasteiger partial charge >= 0.3 is 0 Å². The number of carbonyl (C=O) groups excluding carboxylic acids is 1. The fourth-order valence-electron chi connectivity index (χ4n) is 1.81. The summed E-state index contributed by atoms with van der Waals surface area (Å²) in [6, 6.07) is 0. The number of imidazole rings is 1. The van der Waals surface area contributed by atoms with Crippen LogP contribution in [0.3, 0.4) is 0 Å². The first kappa shape index (κ1) is 11.1. The molecule has 0 saturated carbocycles. The molecule has 88 valence electrons. The first-order valence-electron chi connectivity index (χ1n) is 5.86. The summed E-state index contributed by atoms with van der Waals surface area (Å²) >= 11 is 0. The van der Waals surface area contributed by atoms with Gasteiger partial charge in [0.05, 0.1) is 0 Å². The van der Waals surface area contributed by atoms with Crippen LogP contribution in [0.2, 0.25) is 0 Å². The molecular weight excluding hydrogens is 204 g/mol. The quantitative estimate of drug-likeness (QED) is 0.766. The molecule has 0 spiro atoms. The second kappa shape index (κ2) is 5.12. The van der Waals surface area contributed by atoms with Crippen LogP contribution in [0.25, 0.3) is 0 Å². The molecule has 5 nitrogen and oxygen atoms in total. The molecule has 1 aliphatic heterocycles. The third-order valence-corrected chi connectivity index (χ3v) is 2.68. The minimum Gasteiger partial charge on any atom is -0.351 e. The minimum atomic E-state index is -0.0598. The maximum atomic E-state index is 11.7. The normalized spacial score (nSPS) is 15.3. The molecule has 2 N–H and O–H groups in total. The molecule has 2 rings (SSSR count). The zero-order valence-corrected chi connectivity index (χ0v) is 9.62. The van der Waals surface area contributed by atoms with Crippen LogP contribution in [0.5, 0.6) is 0 Å². The summed E-state index contributed by atoms with van der Waals surface area (Å²) in [5.74, 6) is 0.946. The minimum absolute atomic E-state index is 0.0598. The van der Waals surface area contributed by atoms with E-state index in [0.717, 1.165) is 38.3 Å². The van der Waals surface area contributed by atoms with Crippen LogP contribution < -0.4 is 10.6 Å². The molecule has 1 aromatic heterocycles. The van der Waals surface area contributed by atoms with Crippen LogP contribution in [-0.2, 0) is 13.0 Å². The van der Waals surface area contributed by atoms with Crippen molar-refractivity contribution < 1.29 is 4.79 Å². The van der Waals surface area contributed by atoms with Gasteiger partial charge < -0.3 is 15.2 Å². The highest BCUT2D eigenvalue weighted by Gasteiger charge is 2.14. The first-order chi connectivity index (χ1) is 7.81. The van der Waals surface area contributed by atoms with E-state index in [1.165, 1.54) is 0 Å². The van der Waals surface area contributed by atoms with E-state index in [9.17, 15) is 4.79 Å². The van der Waals surface area contributed by atoms with E-state index in [2.05, 4.69) is 20.2 Å². The molecule has 0 atom stereocenters. The summed E-state index contributed by atoms with van der Waals surface area (Å²) in [6.07, 6.45) is 3.69. The maximum absolute atomic E-state index is 11.7. The highest BCUT2D eigenvalue weighted by molar-refractivity contribution is 5.92. The Hall–Kier alpha value is -1.36. The van der Waals surface area contributed by atoms with Crippen molar-refractivity contribution in [3.05, 3.63) is 17.7 Å². The molecule has 1 aromatic rings. The Kier molecular flexibility index (Phi) is 3.56. The molecule has 0 fully saturated rings. The van der Waals surface area contributed by atoms with Gasteiger partial charge in [-0.3, -0.25) is 4.79 Å². The fourth-order valence-corrected chi connectivity index (χ4v) is 1.81. The molecule has 1 amide bonds. The molecular formula is C11H18N4O. The lowest BCUT2D eigenvalue weighted by molar-refractivity contribution is 0.0949. The topological polar surface area (TPSA) is 59.0 Å². The van der Waals surface area contributed by atoms with Crippen molar-refractivity contribution >= 4 is 5.91 Å². The van der Waals surface area contributed by atoms with Gasteiger partial charge in [-0.2, -0.15) is 0 Å². The van der Waals surface area contributed by atoms with Crippen LogP contribution >= 0.6 is 0 Å². The van der Waals surface area contributed by atoms with E-state index in [1.807, 2.05) is 13.1 Å². The Morgan fingerprint density at radius 3 is 3.31 bits per heavy atom. The van der Waals surface area contributed by atoms with Crippen molar-refractivity contribution in [3.63, 3.8) is 0 Å². The van der Waals surface area contributed by atoms with Crippen molar-refractivity contribution in [1.82, 2.24) is 20.2 Å². The van der Waals surface area contributed by atoms with E-state index in [-0.39, 0.29) is 5.91 Å². The average Bonchev–Trinajstić information content (AvgIpc) is 2.58. The second-order valence-corrected chi connectivity index (χ2v) is 3.99. The lowest BCUT2D eigenvalue weighted by Crippen LogP contribution is -2.24. The van der Waals surface area contributed by atoms with E-state index in [1.54, 1.807) is 0 Å². The number of nitrogens with zero attached hydrogens (tertiary/aromatic N) is 2. The second-order valence-electron chi connectivity index (χ2n) is 3.99. The predicted molar refractivity (Wildman–Crippen MR) is 61.4 cm³/mol. The van der Waals surface area contributed by atoms with Gasteiger partial charge in [0.1, 0.15) is 11.5 Å². The molecule has 0 aromatic carbocycles. The van der Waals surface area contributed by atoms with E-state index < -0.39 is 0 Å². The number of hydrogen-bond acceptors (Lipinski definition) is 3. The maximum Gasteiger partial charge on any atom is 0.271 e. The van der Waals surface area contributed by atoms with Crippen molar-refractivity contribution in [1.29, 1.82) is 0 Å². The molecule has 16 heavy (non-hydrogen) atoms. The molecule has 0 aliphatic carbocycles. The summed E-state index contributed by atoms with van der Waals surface area (Å²) < 4.78 is 2.07.